The van der Waals surface area contributed by atoms with Gasteiger partial charge in [-0.2, -0.15) is 0 Å². The molecule has 0 radical (unpaired) electrons. The monoisotopic (exact) mass is 497 g/mol. The highest BCUT2D eigenvalue weighted by Gasteiger charge is 2.27. The van der Waals surface area contributed by atoms with E-state index in [0.717, 1.165) is 42.7 Å². The van der Waals surface area contributed by atoms with Crippen LogP contribution in [-0.4, -0.2) is 30.7 Å². The normalized spacial score (nSPS) is 15.6. The summed E-state index contributed by atoms with van der Waals surface area (Å²) in [6.07, 6.45) is 1.96. The molecule has 6 nitrogen and oxygen atoms in total. The molecule has 0 aliphatic carbocycles. The summed E-state index contributed by atoms with van der Waals surface area (Å²) >= 11 is 12.1. The number of benzene rings is 3. The van der Waals surface area contributed by atoms with Gasteiger partial charge in [-0.05, 0) is 65.8 Å². The number of nitrogens with zero attached hydrogens (tertiary/aromatic N) is 1. The molecule has 1 atom stereocenters. The molecule has 3 aromatic carbocycles. The van der Waals surface area contributed by atoms with Crippen molar-refractivity contribution in [2.75, 3.05) is 30.7 Å². The fourth-order valence-electron chi connectivity index (χ4n) is 4.52. The molecule has 0 aromatic heterocycles. The Morgan fingerprint density at radius 3 is 2.29 bits per heavy atom. The molecule has 34 heavy (non-hydrogen) atoms. The van der Waals surface area contributed by atoms with E-state index in [0.29, 0.717) is 28.2 Å². The number of hydrazine groups is 1. The number of nitrogens with one attached hydrogen (secondary N) is 2. The minimum atomic E-state index is -0.295. The van der Waals surface area contributed by atoms with Gasteiger partial charge in [0.2, 0.25) is 0 Å². The first-order chi connectivity index (χ1) is 16.4. The fraction of sp³-hybridized carbons (Fsp3) is 0.269. The Kier molecular flexibility index (Phi) is 7.95. The minimum Gasteiger partial charge on any atom is -0.399 e. The molecule has 1 unspecified atom stereocenters. The summed E-state index contributed by atoms with van der Waals surface area (Å²) in [4.78, 5) is 12.6. The van der Waals surface area contributed by atoms with Crippen LogP contribution in [0.5, 0.6) is 0 Å². The third kappa shape index (κ3) is 6.42. The van der Waals surface area contributed by atoms with E-state index in [9.17, 15) is 4.79 Å². The lowest BCUT2D eigenvalue weighted by Crippen LogP contribution is -2.42. The van der Waals surface area contributed by atoms with E-state index in [-0.39, 0.29) is 11.9 Å². The molecular weight excluding hydrogens is 469 g/mol. The molecule has 2 amide bonds. The number of piperidine rings is 1. The SMILES string of the molecule is Nc1cccc(-c2ccc(C(CNC(=O)Nc3cc(Cl)cc(Cl)c3)C3CCN(N)CC3)cc2)c1. The van der Waals surface area contributed by atoms with Gasteiger partial charge in [0.05, 0.1) is 0 Å². The third-order valence-electron chi connectivity index (χ3n) is 6.30. The molecule has 178 valence electrons. The predicted octanol–water partition coefficient (Wildman–Crippen LogP) is 5.73. The topological polar surface area (TPSA) is 96.4 Å². The molecule has 1 aliphatic heterocycles. The lowest BCUT2D eigenvalue weighted by atomic mass is 9.80. The Morgan fingerprint density at radius 1 is 0.971 bits per heavy atom. The molecule has 1 fully saturated rings. The molecule has 4 rings (SSSR count). The van der Waals surface area contributed by atoms with E-state index < -0.39 is 0 Å². The van der Waals surface area contributed by atoms with Gasteiger partial charge >= 0.3 is 6.03 Å². The van der Waals surface area contributed by atoms with Gasteiger partial charge in [-0.25, -0.2) is 9.80 Å². The Morgan fingerprint density at radius 2 is 1.65 bits per heavy atom. The fourth-order valence-corrected chi connectivity index (χ4v) is 5.05. The van der Waals surface area contributed by atoms with Crippen LogP contribution >= 0.6 is 23.2 Å². The zero-order valence-electron chi connectivity index (χ0n) is 18.8. The number of amides is 2. The number of nitrogens with two attached hydrogens (primary N) is 2. The summed E-state index contributed by atoms with van der Waals surface area (Å²) in [5.74, 6) is 6.57. The quantitative estimate of drug-likeness (QED) is 0.258. The molecule has 1 saturated heterocycles. The third-order valence-corrected chi connectivity index (χ3v) is 6.74. The highest BCUT2D eigenvalue weighted by molar-refractivity contribution is 6.35. The molecule has 1 aliphatic rings. The standard InChI is InChI=1S/C26H29Cl2N5O/c27-21-13-22(28)15-24(14-21)32-26(34)31-16-25(19-8-10-33(30)11-9-19)18-6-4-17(5-7-18)20-2-1-3-23(29)12-20/h1-7,12-15,19,25H,8-11,16,29-30H2,(H2,31,32,34). The number of hydrogen-bond acceptors (Lipinski definition) is 4. The number of carbonyl (C=O) groups excluding carboxylic acids is 1. The summed E-state index contributed by atoms with van der Waals surface area (Å²) < 4.78 is 0. The molecule has 0 saturated carbocycles. The minimum absolute atomic E-state index is 0.164. The van der Waals surface area contributed by atoms with Crippen LogP contribution < -0.4 is 22.2 Å². The summed E-state index contributed by atoms with van der Waals surface area (Å²) in [6.45, 7) is 2.19. The summed E-state index contributed by atoms with van der Waals surface area (Å²) in [5.41, 5.74) is 10.6. The Balaban J connectivity index is 1.48. The van der Waals surface area contributed by atoms with E-state index in [1.165, 1.54) is 5.56 Å². The number of urea groups is 1. The highest BCUT2D eigenvalue weighted by atomic mass is 35.5. The van der Waals surface area contributed by atoms with Crippen LogP contribution in [0.25, 0.3) is 11.1 Å². The van der Waals surface area contributed by atoms with Gasteiger partial charge in [-0.1, -0.05) is 59.6 Å². The second-order valence-corrected chi connectivity index (χ2v) is 9.59. The first kappa shape index (κ1) is 24.4. The number of rotatable bonds is 6. The van der Waals surface area contributed by atoms with Crippen LogP contribution in [0.3, 0.4) is 0 Å². The first-order valence-corrected chi connectivity index (χ1v) is 12.1. The van der Waals surface area contributed by atoms with Crippen molar-refractivity contribution in [3.63, 3.8) is 0 Å². The lowest BCUT2D eigenvalue weighted by Gasteiger charge is -2.34. The summed E-state index contributed by atoms with van der Waals surface area (Å²) in [6, 6.07) is 21.0. The van der Waals surface area contributed by atoms with E-state index in [2.05, 4.69) is 34.9 Å². The van der Waals surface area contributed by atoms with Gasteiger partial charge in [0.1, 0.15) is 0 Å². The van der Waals surface area contributed by atoms with Crippen molar-refractivity contribution in [1.29, 1.82) is 0 Å². The van der Waals surface area contributed by atoms with Gasteiger partial charge in [0.15, 0.2) is 0 Å². The largest absolute Gasteiger partial charge is 0.399 e. The summed E-state index contributed by atoms with van der Waals surface area (Å²) in [5, 5.41) is 8.65. The van der Waals surface area contributed by atoms with Gasteiger partial charge in [-0.15, -0.1) is 0 Å². The van der Waals surface area contributed by atoms with Gasteiger partial charge in [-0.3, -0.25) is 5.84 Å². The second-order valence-electron chi connectivity index (χ2n) is 8.72. The molecule has 1 heterocycles. The van der Waals surface area contributed by atoms with Crippen molar-refractivity contribution in [3.8, 4) is 11.1 Å². The van der Waals surface area contributed by atoms with Crippen molar-refractivity contribution < 1.29 is 4.79 Å². The predicted molar refractivity (Wildman–Crippen MR) is 141 cm³/mol. The average Bonchev–Trinajstić information content (AvgIpc) is 2.80. The first-order valence-electron chi connectivity index (χ1n) is 11.3. The van der Waals surface area contributed by atoms with Crippen LogP contribution in [0.15, 0.2) is 66.7 Å². The van der Waals surface area contributed by atoms with E-state index in [1.807, 2.05) is 29.3 Å². The van der Waals surface area contributed by atoms with Gasteiger partial charge in [0, 0.05) is 47.0 Å². The van der Waals surface area contributed by atoms with Crippen LogP contribution in [0.4, 0.5) is 16.2 Å². The molecule has 6 N–H and O–H groups in total. The van der Waals surface area contributed by atoms with Crippen LogP contribution in [0, 0.1) is 5.92 Å². The maximum Gasteiger partial charge on any atom is 0.319 e. The van der Waals surface area contributed by atoms with E-state index in [4.69, 9.17) is 34.8 Å². The number of nitrogen functional groups attached to an aromatic ring is 1. The number of anilines is 2. The van der Waals surface area contributed by atoms with E-state index >= 15 is 0 Å². The number of carbonyl (C=O) groups is 1. The van der Waals surface area contributed by atoms with E-state index in [1.54, 1.807) is 18.2 Å². The number of halogens is 2. The molecule has 8 heteroatoms. The smallest absolute Gasteiger partial charge is 0.319 e. The van der Waals surface area contributed by atoms with Gasteiger partial charge < -0.3 is 16.4 Å². The molecule has 3 aromatic rings. The number of hydrogen-bond donors (Lipinski definition) is 4. The average molecular weight is 498 g/mol. The van der Waals surface area contributed by atoms with Crippen LogP contribution in [0.1, 0.15) is 24.3 Å². The lowest BCUT2D eigenvalue weighted by molar-refractivity contribution is 0.169. The highest BCUT2D eigenvalue weighted by Crippen LogP contribution is 2.33. The van der Waals surface area contributed by atoms with Crippen molar-refractivity contribution in [1.82, 2.24) is 10.3 Å². The maximum absolute atomic E-state index is 12.6. The van der Waals surface area contributed by atoms with Gasteiger partial charge in [0.25, 0.3) is 0 Å². The van der Waals surface area contributed by atoms with Crippen molar-refractivity contribution in [3.05, 3.63) is 82.3 Å². The van der Waals surface area contributed by atoms with Crippen LogP contribution in [-0.2, 0) is 0 Å². The Labute approximate surface area is 210 Å². The summed E-state index contributed by atoms with van der Waals surface area (Å²) in [7, 11) is 0. The van der Waals surface area contributed by atoms with Crippen molar-refractivity contribution in [2.45, 2.75) is 18.8 Å². The zero-order valence-corrected chi connectivity index (χ0v) is 20.3. The van der Waals surface area contributed by atoms with Crippen molar-refractivity contribution >= 4 is 40.6 Å². The Bertz CT molecular complexity index is 1110. The molecule has 0 spiro atoms. The zero-order chi connectivity index (χ0) is 24.1. The maximum atomic E-state index is 12.6. The molecule has 0 bridgehead atoms. The Hall–Kier alpha value is -2.77. The second kappa shape index (κ2) is 11.1. The molecular formula is C26H29Cl2N5O. The van der Waals surface area contributed by atoms with Crippen molar-refractivity contribution in [2.24, 2.45) is 11.8 Å². The van der Waals surface area contributed by atoms with Crippen LogP contribution in [0.2, 0.25) is 10.0 Å².